The Balaban J connectivity index is 1.69. The number of Topliss-reactive ketones (excluding diaryl/α,β-unsaturated/α-hetero) is 1. The van der Waals surface area contributed by atoms with Crippen LogP contribution >= 0.6 is 23.2 Å². The predicted octanol–water partition coefficient (Wildman–Crippen LogP) is 6.11. The molecule has 1 N–H and O–H groups in total. The molecule has 0 spiro atoms. The molecular weight excluding hydrogens is 385 g/mol. The minimum absolute atomic E-state index is 0.0640. The van der Waals surface area contributed by atoms with E-state index in [0.717, 1.165) is 5.56 Å². The average Bonchev–Trinajstić information content (AvgIpc) is 3.08. The molecule has 1 aromatic heterocycles. The number of halogens is 2. The highest BCUT2D eigenvalue weighted by atomic mass is 35.5. The summed E-state index contributed by atoms with van der Waals surface area (Å²) in [6.07, 6.45) is 2.91. The Hall–Kier alpha value is -2.82. The molecule has 4 nitrogen and oxygen atoms in total. The number of ketones is 1. The first-order chi connectivity index (χ1) is 12.9. The summed E-state index contributed by atoms with van der Waals surface area (Å²) in [7, 11) is 0. The second kappa shape index (κ2) is 8.25. The van der Waals surface area contributed by atoms with Crippen molar-refractivity contribution in [2.75, 3.05) is 5.32 Å². The lowest BCUT2D eigenvalue weighted by molar-refractivity contribution is -0.111. The van der Waals surface area contributed by atoms with E-state index in [-0.39, 0.29) is 11.7 Å². The van der Waals surface area contributed by atoms with Crippen LogP contribution < -0.4 is 5.32 Å². The van der Waals surface area contributed by atoms with Crippen LogP contribution in [0.15, 0.2) is 65.1 Å². The first kappa shape index (κ1) is 19.0. The topological polar surface area (TPSA) is 59.3 Å². The highest BCUT2D eigenvalue weighted by molar-refractivity contribution is 6.35. The lowest BCUT2D eigenvalue weighted by Crippen LogP contribution is -2.08. The first-order valence-electron chi connectivity index (χ1n) is 8.07. The Kier molecular flexibility index (Phi) is 5.79. The van der Waals surface area contributed by atoms with E-state index in [1.54, 1.807) is 60.7 Å². The average molecular weight is 400 g/mol. The van der Waals surface area contributed by atoms with Crippen molar-refractivity contribution in [2.24, 2.45) is 0 Å². The molecule has 0 aliphatic carbocycles. The van der Waals surface area contributed by atoms with Gasteiger partial charge in [0, 0.05) is 32.9 Å². The van der Waals surface area contributed by atoms with Crippen LogP contribution in [0.5, 0.6) is 0 Å². The van der Waals surface area contributed by atoms with E-state index in [1.165, 1.54) is 13.0 Å². The molecule has 0 aliphatic heterocycles. The molecule has 0 saturated carbocycles. The zero-order chi connectivity index (χ0) is 19.4. The fourth-order valence-corrected chi connectivity index (χ4v) is 2.98. The molecule has 2 aromatic carbocycles. The van der Waals surface area contributed by atoms with Crippen LogP contribution in [-0.4, -0.2) is 11.7 Å². The van der Waals surface area contributed by atoms with Gasteiger partial charge < -0.3 is 9.73 Å². The number of carbonyl (C=O) groups is 2. The van der Waals surface area contributed by atoms with Gasteiger partial charge in [-0.2, -0.15) is 0 Å². The summed E-state index contributed by atoms with van der Waals surface area (Å²) in [6.45, 7) is 1.47. The Bertz CT molecular complexity index is 1020. The predicted molar refractivity (Wildman–Crippen MR) is 108 cm³/mol. The SMILES string of the molecule is CC(=O)c1cccc(NC(=O)/C=C/c2ccc(-c3cc(Cl)cc(Cl)c3)o2)c1. The Morgan fingerprint density at radius 3 is 2.44 bits per heavy atom. The van der Waals surface area contributed by atoms with Crippen molar-refractivity contribution in [1.82, 2.24) is 0 Å². The maximum atomic E-state index is 12.1. The molecule has 1 heterocycles. The van der Waals surface area contributed by atoms with Crippen molar-refractivity contribution < 1.29 is 14.0 Å². The second-order valence-corrected chi connectivity index (χ2v) is 6.69. The van der Waals surface area contributed by atoms with Gasteiger partial charge in [-0.15, -0.1) is 0 Å². The van der Waals surface area contributed by atoms with Crippen LogP contribution in [0.2, 0.25) is 10.0 Å². The lowest BCUT2D eigenvalue weighted by Gasteiger charge is -2.03. The van der Waals surface area contributed by atoms with Gasteiger partial charge in [0.1, 0.15) is 11.5 Å². The molecule has 0 bridgehead atoms. The van der Waals surface area contributed by atoms with E-state index in [1.807, 2.05) is 0 Å². The van der Waals surface area contributed by atoms with Gasteiger partial charge in [0.2, 0.25) is 5.91 Å². The third-order valence-corrected chi connectivity index (χ3v) is 4.15. The Labute approximate surface area is 166 Å². The maximum absolute atomic E-state index is 12.1. The van der Waals surface area contributed by atoms with Crippen LogP contribution in [0.3, 0.4) is 0 Å². The van der Waals surface area contributed by atoms with E-state index in [0.29, 0.717) is 32.8 Å². The summed E-state index contributed by atoms with van der Waals surface area (Å²) < 4.78 is 5.70. The smallest absolute Gasteiger partial charge is 0.248 e. The number of rotatable bonds is 5. The second-order valence-electron chi connectivity index (χ2n) is 5.82. The molecule has 0 aliphatic rings. The lowest BCUT2D eigenvalue weighted by atomic mass is 10.1. The molecule has 136 valence electrons. The molecule has 0 radical (unpaired) electrons. The van der Waals surface area contributed by atoms with Gasteiger partial charge in [-0.05, 0) is 55.5 Å². The third-order valence-electron chi connectivity index (χ3n) is 3.71. The van der Waals surface area contributed by atoms with E-state index in [9.17, 15) is 9.59 Å². The molecule has 0 atom stereocenters. The number of anilines is 1. The number of nitrogens with one attached hydrogen (secondary N) is 1. The van der Waals surface area contributed by atoms with Crippen molar-refractivity contribution in [3.8, 4) is 11.3 Å². The summed E-state index contributed by atoms with van der Waals surface area (Å²) >= 11 is 12.0. The van der Waals surface area contributed by atoms with Crippen LogP contribution in [0, 0.1) is 0 Å². The van der Waals surface area contributed by atoms with E-state index in [4.69, 9.17) is 27.6 Å². The molecule has 3 rings (SSSR count). The normalized spacial score (nSPS) is 10.9. The zero-order valence-electron chi connectivity index (χ0n) is 14.3. The molecule has 0 saturated heterocycles. The number of benzene rings is 2. The number of hydrogen-bond acceptors (Lipinski definition) is 3. The third kappa shape index (κ3) is 5.09. The van der Waals surface area contributed by atoms with E-state index < -0.39 is 0 Å². The van der Waals surface area contributed by atoms with Crippen molar-refractivity contribution in [1.29, 1.82) is 0 Å². The standard InChI is InChI=1S/C21H15Cl2NO3/c1-13(25)14-3-2-4-18(11-14)24-21(26)8-6-19-5-7-20(27-19)15-9-16(22)12-17(23)10-15/h2-12H,1H3,(H,24,26)/b8-6+. The highest BCUT2D eigenvalue weighted by Gasteiger charge is 2.07. The van der Waals surface area contributed by atoms with Gasteiger partial charge in [-0.1, -0.05) is 35.3 Å². The van der Waals surface area contributed by atoms with Gasteiger partial charge in [0.05, 0.1) is 0 Å². The molecule has 3 aromatic rings. The quantitative estimate of drug-likeness (QED) is 0.415. The van der Waals surface area contributed by atoms with Crippen molar-refractivity contribution in [3.05, 3.63) is 82.0 Å². The van der Waals surface area contributed by atoms with Crippen LogP contribution in [-0.2, 0) is 4.79 Å². The molecular formula is C21H15Cl2NO3. The molecule has 27 heavy (non-hydrogen) atoms. The molecule has 6 heteroatoms. The van der Waals surface area contributed by atoms with Crippen molar-refractivity contribution >= 4 is 46.7 Å². The fourth-order valence-electron chi connectivity index (χ4n) is 2.45. The highest BCUT2D eigenvalue weighted by Crippen LogP contribution is 2.28. The summed E-state index contributed by atoms with van der Waals surface area (Å²) in [5.41, 5.74) is 1.83. The number of carbonyl (C=O) groups excluding carboxylic acids is 2. The largest absolute Gasteiger partial charge is 0.457 e. The zero-order valence-corrected chi connectivity index (χ0v) is 15.8. The van der Waals surface area contributed by atoms with Gasteiger partial charge >= 0.3 is 0 Å². The maximum Gasteiger partial charge on any atom is 0.248 e. The summed E-state index contributed by atoms with van der Waals surface area (Å²) in [5, 5.41) is 3.73. The van der Waals surface area contributed by atoms with Crippen LogP contribution in [0.1, 0.15) is 23.0 Å². The van der Waals surface area contributed by atoms with Crippen LogP contribution in [0.4, 0.5) is 5.69 Å². The monoisotopic (exact) mass is 399 g/mol. The number of hydrogen-bond donors (Lipinski definition) is 1. The Morgan fingerprint density at radius 2 is 1.74 bits per heavy atom. The summed E-state index contributed by atoms with van der Waals surface area (Å²) in [5.74, 6) is 0.702. The fraction of sp³-hybridized carbons (Fsp3) is 0.0476. The van der Waals surface area contributed by atoms with E-state index in [2.05, 4.69) is 5.32 Å². The molecule has 1 amide bonds. The van der Waals surface area contributed by atoms with Gasteiger partial charge in [0.15, 0.2) is 5.78 Å². The van der Waals surface area contributed by atoms with Crippen molar-refractivity contribution in [2.45, 2.75) is 6.92 Å². The van der Waals surface area contributed by atoms with Crippen LogP contribution in [0.25, 0.3) is 17.4 Å². The first-order valence-corrected chi connectivity index (χ1v) is 8.83. The minimum Gasteiger partial charge on any atom is -0.457 e. The molecule has 0 unspecified atom stereocenters. The van der Waals surface area contributed by atoms with Crippen molar-refractivity contribution in [3.63, 3.8) is 0 Å². The summed E-state index contributed by atoms with van der Waals surface area (Å²) in [6, 6.07) is 15.4. The summed E-state index contributed by atoms with van der Waals surface area (Å²) in [4.78, 5) is 23.5. The molecule has 0 fully saturated rings. The Morgan fingerprint density at radius 1 is 1.00 bits per heavy atom. The van der Waals surface area contributed by atoms with Gasteiger partial charge in [-0.25, -0.2) is 0 Å². The minimum atomic E-state index is -0.334. The number of furan rings is 1. The van der Waals surface area contributed by atoms with Gasteiger partial charge in [-0.3, -0.25) is 9.59 Å². The van der Waals surface area contributed by atoms with Gasteiger partial charge in [0.25, 0.3) is 0 Å². The van der Waals surface area contributed by atoms with E-state index >= 15 is 0 Å². The number of amides is 1.